The Morgan fingerprint density at radius 2 is 1.71 bits per heavy atom. The normalized spacial score (nSPS) is 16.0. The Balaban J connectivity index is 1.49. The minimum absolute atomic E-state index is 0.349. The molecule has 0 radical (unpaired) electrons. The Hall–Kier alpha value is -3.60. The quantitative estimate of drug-likeness (QED) is 0.0607. The molecule has 4 rings (SSSR count). The summed E-state index contributed by atoms with van der Waals surface area (Å²) in [5.74, 6) is 2.88. The molecule has 1 aliphatic carbocycles. The predicted octanol–water partition coefficient (Wildman–Crippen LogP) is 11.8. The van der Waals surface area contributed by atoms with E-state index in [0.717, 1.165) is 54.7 Å². The van der Waals surface area contributed by atoms with E-state index in [1.807, 2.05) is 7.05 Å². The van der Waals surface area contributed by atoms with Crippen LogP contribution in [-0.4, -0.2) is 26.6 Å². The zero-order valence-electron chi connectivity index (χ0n) is 30.6. The Kier molecular flexibility index (Phi) is 15.1. The molecule has 3 unspecified atom stereocenters. The standard InChI is InChI=1S/C44H59NO3/c1-8-10-17-33(5)29-43(48-40-25-24-37-30-39(23-22-38(37)31-40)42(45-7)28-32(3)4)46-26-27-47-44(34(6)35-18-13-11-14-19-35)41(9-2)36-20-15-12-16-21-36/h9,11-13,15-16,18,20-25,30-33,42-43,45H,8,10,14,17,19,26-29H2,1-7H3/b41-9-,44-34-. The van der Waals surface area contributed by atoms with Gasteiger partial charge >= 0.3 is 0 Å². The first kappa shape index (κ1) is 37.2. The van der Waals surface area contributed by atoms with E-state index in [4.69, 9.17) is 14.2 Å². The Morgan fingerprint density at radius 3 is 2.40 bits per heavy atom. The lowest BCUT2D eigenvalue weighted by Crippen LogP contribution is -2.25. The highest BCUT2D eigenvalue weighted by molar-refractivity contribution is 5.84. The van der Waals surface area contributed by atoms with E-state index in [9.17, 15) is 0 Å². The number of ether oxygens (including phenoxy) is 3. The molecule has 0 amide bonds. The SMILES string of the molecule is C/C=C(\C(OCCOC(CC(C)CCCC)Oc1ccc2cc(C(CC(C)C)NC)ccc2c1)=C(/C)C1=CC=CCC1)c1ccccc1. The van der Waals surface area contributed by atoms with Crippen molar-refractivity contribution in [1.29, 1.82) is 0 Å². The molecule has 4 heteroatoms. The van der Waals surface area contributed by atoms with E-state index < -0.39 is 0 Å². The fraction of sp³-hybridized carbons (Fsp3) is 0.455. The molecule has 1 N–H and O–H groups in total. The van der Waals surface area contributed by atoms with Gasteiger partial charge in [-0.25, -0.2) is 0 Å². The number of fused-ring (bicyclic) bond motifs is 1. The highest BCUT2D eigenvalue weighted by Crippen LogP contribution is 2.33. The lowest BCUT2D eigenvalue weighted by atomic mass is 9.93. The fourth-order valence-corrected chi connectivity index (χ4v) is 6.54. The minimum atomic E-state index is -0.355. The average Bonchev–Trinajstić information content (AvgIpc) is 3.11. The molecule has 1 aliphatic rings. The van der Waals surface area contributed by atoms with Gasteiger partial charge in [0.05, 0.1) is 6.61 Å². The molecule has 0 bridgehead atoms. The maximum atomic E-state index is 6.62. The summed E-state index contributed by atoms with van der Waals surface area (Å²) >= 11 is 0. The second-order valence-electron chi connectivity index (χ2n) is 13.7. The molecule has 0 saturated heterocycles. The molecule has 0 aromatic heterocycles. The van der Waals surface area contributed by atoms with Crippen molar-refractivity contribution in [2.75, 3.05) is 20.3 Å². The molecule has 0 aliphatic heterocycles. The van der Waals surface area contributed by atoms with Crippen LogP contribution in [0.3, 0.4) is 0 Å². The summed E-state index contributed by atoms with van der Waals surface area (Å²) < 4.78 is 19.7. The third-order valence-corrected chi connectivity index (χ3v) is 9.29. The van der Waals surface area contributed by atoms with Crippen LogP contribution >= 0.6 is 0 Å². The summed E-state index contributed by atoms with van der Waals surface area (Å²) in [5.41, 5.74) is 6.08. The van der Waals surface area contributed by atoms with Crippen molar-refractivity contribution in [3.05, 3.63) is 119 Å². The van der Waals surface area contributed by atoms with Crippen LogP contribution in [0.25, 0.3) is 16.3 Å². The molecule has 0 saturated carbocycles. The molecule has 0 fully saturated rings. The second kappa shape index (κ2) is 19.4. The van der Waals surface area contributed by atoms with Crippen molar-refractivity contribution in [2.45, 2.75) is 98.8 Å². The lowest BCUT2D eigenvalue weighted by molar-refractivity contribution is -0.101. The van der Waals surface area contributed by atoms with Gasteiger partial charge in [-0.15, -0.1) is 0 Å². The van der Waals surface area contributed by atoms with Gasteiger partial charge in [-0.3, -0.25) is 0 Å². The molecule has 3 atom stereocenters. The van der Waals surface area contributed by atoms with Crippen LogP contribution < -0.4 is 10.1 Å². The van der Waals surface area contributed by atoms with E-state index in [1.165, 1.54) is 40.3 Å². The number of benzene rings is 3. The highest BCUT2D eigenvalue weighted by Gasteiger charge is 2.19. The maximum Gasteiger partial charge on any atom is 0.200 e. The van der Waals surface area contributed by atoms with Crippen LogP contribution in [0, 0.1) is 11.8 Å². The van der Waals surface area contributed by atoms with Gasteiger partial charge in [-0.1, -0.05) is 120 Å². The number of rotatable bonds is 19. The minimum Gasteiger partial charge on any atom is -0.490 e. The van der Waals surface area contributed by atoms with Gasteiger partial charge in [-0.2, -0.15) is 0 Å². The van der Waals surface area contributed by atoms with E-state index >= 15 is 0 Å². The third kappa shape index (κ3) is 11.0. The maximum absolute atomic E-state index is 6.62. The molecule has 0 spiro atoms. The molecule has 3 aromatic rings. The van der Waals surface area contributed by atoms with Crippen molar-refractivity contribution in [3.63, 3.8) is 0 Å². The number of hydrogen-bond donors (Lipinski definition) is 1. The van der Waals surface area contributed by atoms with Crippen LogP contribution in [0.2, 0.25) is 0 Å². The van der Waals surface area contributed by atoms with Gasteiger partial charge in [0.1, 0.15) is 18.1 Å². The van der Waals surface area contributed by atoms with Gasteiger partial charge in [-0.05, 0) is 103 Å². The van der Waals surface area contributed by atoms with E-state index in [0.29, 0.717) is 31.1 Å². The van der Waals surface area contributed by atoms with Crippen LogP contribution in [0.1, 0.15) is 104 Å². The third-order valence-electron chi connectivity index (χ3n) is 9.29. The van der Waals surface area contributed by atoms with Gasteiger partial charge in [0, 0.05) is 18.0 Å². The highest BCUT2D eigenvalue weighted by atomic mass is 16.7. The summed E-state index contributed by atoms with van der Waals surface area (Å²) in [7, 11) is 2.05. The summed E-state index contributed by atoms with van der Waals surface area (Å²) in [5, 5.41) is 5.89. The van der Waals surface area contributed by atoms with Gasteiger partial charge in [0.25, 0.3) is 0 Å². The topological polar surface area (TPSA) is 39.7 Å². The van der Waals surface area contributed by atoms with Gasteiger partial charge in [0.2, 0.25) is 0 Å². The van der Waals surface area contributed by atoms with Crippen LogP contribution in [0.15, 0.2) is 108 Å². The van der Waals surface area contributed by atoms with Crippen LogP contribution in [0.4, 0.5) is 0 Å². The first-order valence-electron chi connectivity index (χ1n) is 18.2. The van der Waals surface area contributed by atoms with Crippen molar-refractivity contribution in [3.8, 4) is 5.75 Å². The van der Waals surface area contributed by atoms with E-state index in [2.05, 4.69) is 138 Å². The molecule has 4 nitrogen and oxygen atoms in total. The molecule has 258 valence electrons. The molecule has 3 aromatic carbocycles. The van der Waals surface area contributed by atoms with E-state index in [-0.39, 0.29) is 6.29 Å². The predicted molar refractivity (Wildman–Crippen MR) is 204 cm³/mol. The molecule has 48 heavy (non-hydrogen) atoms. The number of allylic oxidation sites excluding steroid dienone is 7. The summed E-state index contributed by atoms with van der Waals surface area (Å²) in [6, 6.07) is 24.0. The van der Waals surface area contributed by atoms with Crippen molar-refractivity contribution >= 4 is 16.3 Å². The van der Waals surface area contributed by atoms with Crippen LogP contribution in [-0.2, 0) is 9.47 Å². The lowest BCUT2D eigenvalue weighted by Gasteiger charge is -2.24. The second-order valence-corrected chi connectivity index (χ2v) is 13.7. The Morgan fingerprint density at radius 1 is 0.938 bits per heavy atom. The zero-order chi connectivity index (χ0) is 34.3. The fourth-order valence-electron chi connectivity index (χ4n) is 6.54. The van der Waals surface area contributed by atoms with Crippen molar-refractivity contribution in [1.82, 2.24) is 5.32 Å². The molecule has 0 heterocycles. The first-order chi connectivity index (χ1) is 23.3. The first-order valence-corrected chi connectivity index (χ1v) is 18.2. The smallest absolute Gasteiger partial charge is 0.200 e. The monoisotopic (exact) mass is 649 g/mol. The van der Waals surface area contributed by atoms with Crippen molar-refractivity contribution in [2.24, 2.45) is 11.8 Å². The molecular formula is C44H59NO3. The number of hydrogen-bond acceptors (Lipinski definition) is 4. The van der Waals surface area contributed by atoms with E-state index in [1.54, 1.807) is 0 Å². The molecular weight excluding hydrogens is 590 g/mol. The number of nitrogens with one attached hydrogen (secondary N) is 1. The largest absolute Gasteiger partial charge is 0.490 e. The summed E-state index contributed by atoms with van der Waals surface area (Å²) in [6.45, 7) is 14.2. The van der Waals surface area contributed by atoms with Gasteiger partial charge < -0.3 is 19.5 Å². The summed E-state index contributed by atoms with van der Waals surface area (Å²) in [4.78, 5) is 0. The Labute approximate surface area is 291 Å². The zero-order valence-corrected chi connectivity index (χ0v) is 30.6. The van der Waals surface area contributed by atoms with Crippen LogP contribution in [0.5, 0.6) is 5.75 Å². The average molecular weight is 650 g/mol. The van der Waals surface area contributed by atoms with Gasteiger partial charge in [0.15, 0.2) is 6.29 Å². The number of unbranched alkanes of at least 4 members (excludes halogenated alkanes) is 1. The summed E-state index contributed by atoms with van der Waals surface area (Å²) in [6.07, 6.45) is 16.0. The Bertz CT molecular complexity index is 1550. The van der Waals surface area contributed by atoms with Crippen molar-refractivity contribution < 1.29 is 14.2 Å².